The summed E-state index contributed by atoms with van der Waals surface area (Å²) in [5, 5.41) is 4.93. The summed E-state index contributed by atoms with van der Waals surface area (Å²) in [5.74, 6) is 2.67. The molecule has 0 bridgehead atoms. The predicted octanol–water partition coefficient (Wildman–Crippen LogP) is 4.84. The second-order valence-corrected chi connectivity index (χ2v) is 5.05. The van der Waals surface area contributed by atoms with E-state index in [9.17, 15) is 0 Å². The smallest absolute Gasteiger partial charge is 0.0468 e. The zero-order valence-electron chi connectivity index (χ0n) is 10.7. The Kier molecular flexibility index (Phi) is 7.20. The Morgan fingerprint density at radius 3 is 2.56 bits per heavy atom. The molecule has 0 aliphatic heterocycles. The van der Waals surface area contributed by atoms with E-state index < -0.39 is 0 Å². The number of nitrogens with one attached hydrogen (secondary N) is 1. The van der Waals surface area contributed by atoms with Crippen molar-refractivity contribution in [1.29, 1.82) is 0 Å². The van der Waals surface area contributed by atoms with Crippen molar-refractivity contribution >= 4 is 23.2 Å². The summed E-state index contributed by atoms with van der Waals surface area (Å²) in [7, 11) is 0. The minimum atomic E-state index is 0.180. The fourth-order valence-electron chi connectivity index (χ4n) is 1.92. The summed E-state index contributed by atoms with van der Waals surface area (Å²) in [6.07, 6.45) is 9.08. The Labute approximate surface area is 120 Å². The quantitative estimate of drug-likeness (QED) is 0.558. The molecule has 1 unspecified atom stereocenters. The fourth-order valence-corrected chi connectivity index (χ4v) is 2.58. The van der Waals surface area contributed by atoms with Gasteiger partial charge in [-0.3, -0.25) is 0 Å². The van der Waals surface area contributed by atoms with Gasteiger partial charge in [0.15, 0.2) is 0 Å². The lowest BCUT2D eigenvalue weighted by atomic mass is 10.0. The van der Waals surface area contributed by atoms with Crippen LogP contribution in [0.3, 0.4) is 0 Å². The Morgan fingerprint density at radius 2 is 2.00 bits per heavy atom. The summed E-state index contributed by atoms with van der Waals surface area (Å²) in [5.41, 5.74) is 0.992. The molecule has 1 aromatic carbocycles. The molecule has 98 valence electrons. The SMILES string of the molecule is C#CCCCC(NCCC)c1c(Cl)cccc1Cl. The van der Waals surface area contributed by atoms with Crippen molar-refractivity contribution in [3.05, 3.63) is 33.8 Å². The van der Waals surface area contributed by atoms with Gasteiger partial charge in [0, 0.05) is 28.1 Å². The van der Waals surface area contributed by atoms with Gasteiger partial charge in [-0.05, 0) is 37.9 Å². The molecular weight excluding hydrogens is 265 g/mol. The Balaban J connectivity index is 2.83. The largest absolute Gasteiger partial charge is 0.310 e. The number of rotatable bonds is 7. The number of terminal acetylenes is 1. The van der Waals surface area contributed by atoms with Gasteiger partial charge in [-0.1, -0.05) is 36.2 Å². The van der Waals surface area contributed by atoms with Gasteiger partial charge in [0.25, 0.3) is 0 Å². The molecule has 18 heavy (non-hydrogen) atoms. The maximum absolute atomic E-state index is 6.25. The minimum absolute atomic E-state index is 0.180. The standard InChI is InChI=1S/C15H19Cl2N/c1-3-5-6-10-14(18-11-4-2)15-12(16)8-7-9-13(15)17/h1,7-9,14,18H,4-6,10-11H2,2H3. The number of halogens is 2. The molecule has 1 nitrogen and oxygen atoms in total. The third kappa shape index (κ3) is 4.53. The highest BCUT2D eigenvalue weighted by atomic mass is 35.5. The van der Waals surface area contributed by atoms with E-state index in [0.717, 1.165) is 47.8 Å². The molecule has 0 aromatic heterocycles. The zero-order valence-corrected chi connectivity index (χ0v) is 12.2. The van der Waals surface area contributed by atoms with Crippen molar-refractivity contribution in [2.24, 2.45) is 0 Å². The van der Waals surface area contributed by atoms with E-state index in [1.54, 1.807) is 0 Å². The third-order valence-electron chi connectivity index (χ3n) is 2.80. The summed E-state index contributed by atoms with van der Waals surface area (Å²) in [4.78, 5) is 0. The highest BCUT2D eigenvalue weighted by Gasteiger charge is 2.16. The van der Waals surface area contributed by atoms with Crippen molar-refractivity contribution in [2.45, 2.75) is 38.6 Å². The van der Waals surface area contributed by atoms with E-state index in [1.165, 1.54) is 0 Å². The minimum Gasteiger partial charge on any atom is -0.310 e. The lowest BCUT2D eigenvalue weighted by Crippen LogP contribution is -2.22. The fraction of sp³-hybridized carbons (Fsp3) is 0.467. The highest BCUT2D eigenvalue weighted by molar-refractivity contribution is 6.36. The molecule has 0 aliphatic rings. The van der Waals surface area contributed by atoms with Crippen LogP contribution < -0.4 is 5.32 Å². The predicted molar refractivity (Wildman–Crippen MR) is 80.2 cm³/mol. The number of hydrogen-bond acceptors (Lipinski definition) is 1. The lowest BCUT2D eigenvalue weighted by molar-refractivity contribution is 0.488. The van der Waals surface area contributed by atoms with Crippen LogP contribution in [0.2, 0.25) is 10.0 Å². The highest BCUT2D eigenvalue weighted by Crippen LogP contribution is 2.32. The number of benzene rings is 1. The zero-order chi connectivity index (χ0) is 13.4. The monoisotopic (exact) mass is 283 g/mol. The van der Waals surface area contributed by atoms with E-state index >= 15 is 0 Å². The molecule has 0 spiro atoms. The summed E-state index contributed by atoms with van der Waals surface area (Å²) in [6, 6.07) is 5.81. The van der Waals surface area contributed by atoms with Gasteiger partial charge in [-0.2, -0.15) is 0 Å². The third-order valence-corrected chi connectivity index (χ3v) is 3.46. The Morgan fingerprint density at radius 1 is 1.33 bits per heavy atom. The molecule has 0 saturated heterocycles. The van der Waals surface area contributed by atoms with Crippen molar-refractivity contribution in [1.82, 2.24) is 5.32 Å². The van der Waals surface area contributed by atoms with Crippen LogP contribution in [-0.2, 0) is 0 Å². The number of hydrogen-bond donors (Lipinski definition) is 1. The van der Waals surface area contributed by atoms with Crippen LogP contribution in [0.5, 0.6) is 0 Å². The van der Waals surface area contributed by atoms with Crippen LogP contribution >= 0.6 is 23.2 Å². The molecule has 0 radical (unpaired) electrons. The van der Waals surface area contributed by atoms with Gasteiger partial charge in [0.1, 0.15) is 0 Å². The van der Waals surface area contributed by atoms with E-state index in [-0.39, 0.29) is 6.04 Å². The molecule has 1 rings (SSSR count). The molecule has 0 saturated carbocycles. The lowest BCUT2D eigenvalue weighted by Gasteiger charge is -2.21. The molecule has 0 aliphatic carbocycles. The molecule has 3 heteroatoms. The van der Waals surface area contributed by atoms with Gasteiger partial charge in [-0.25, -0.2) is 0 Å². The second-order valence-electron chi connectivity index (χ2n) is 4.24. The molecule has 1 N–H and O–H groups in total. The summed E-state index contributed by atoms with van der Waals surface area (Å²) < 4.78 is 0. The Bertz CT molecular complexity index is 389. The van der Waals surface area contributed by atoms with E-state index in [4.69, 9.17) is 29.6 Å². The normalized spacial score (nSPS) is 12.1. The molecule has 0 amide bonds. The van der Waals surface area contributed by atoms with Crippen LogP contribution in [0.4, 0.5) is 0 Å². The molecule has 0 fully saturated rings. The van der Waals surface area contributed by atoms with Gasteiger partial charge in [0.05, 0.1) is 0 Å². The first-order valence-corrected chi connectivity index (χ1v) is 7.07. The van der Waals surface area contributed by atoms with Gasteiger partial charge >= 0.3 is 0 Å². The first kappa shape index (κ1) is 15.4. The second kappa shape index (κ2) is 8.43. The van der Waals surface area contributed by atoms with Gasteiger partial charge in [0.2, 0.25) is 0 Å². The average molecular weight is 284 g/mol. The van der Waals surface area contributed by atoms with E-state index in [1.807, 2.05) is 18.2 Å². The summed E-state index contributed by atoms with van der Waals surface area (Å²) in [6.45, 7) is 3.09. The summed E-state index contributed by atoms with van der Waals surface area (Å²) >= 11 is 12.5. The van der Waals surface area contributed by atoms with Crippen molar-refractivity contribution < 1.29 is 0 Å². The maximum Gasteiger partial charge on any atom is 0.0468 e. The molecular formula is C15H19Cl2N. The van der Waals surface area contributed by atoms with Crippen LogP contribution in [-0.4, -0.2) is 6.54 Å². The van der Waals surface area contributed by atoms with Gasteiger partial charge < -0.3 is 5.32 Å². The van der Waals surface area contributed by atoms with Crippen molar-refractivity contribution in [3.63, 3.8) is 0 Å². The van der Waals surface area contributed by atoms with Crippen LogP contribution in [0.1, 0.15) is 44.2 Å². The van der Waals surface area contributed by atoms with Gasteiger partial charge in [-0.15, -0.1) is 12.3 Å². The first-order valence-electron chi connectivity index (χ1n) is 6.31. The van der Waals surface area contributed by atoms with E-state index in [0.29, 0.717) is 0 Å². The topological polar surface area (TPSA) is 12.0 Å². The first-order chi connectivity index (χ1) is 8.70. The molecule has 1 aromatic rings. The van der Waals surface area contributed by atoms with Crippen molar-refractivity contribution in [3.8, 4) is 12.3 Å². The number of unbranched alkanes of at least 4 members (excludes halogenated alkanes) is 1. The molecule has 0 heterocycles. The van der Waals surface area contributed by atoms with Crippen LogP contribution in [0, 0.1) is 12.3 Å². The van der Waals surface area contributed by atoms with Crippen LogP contribution in [0.25, 0.3) is 0 Å². The van der Waals surface area contributed by atoms with Crippen LogP contribution in [0.15, 0.2) is 18.2 Å². The van der Waals surface area contributed by atoms with Crippen molar-refractivity contribution in [2.75, 3.05) is 6.54 Å². The Hall–Kier alpha value is -0.680. The van der Waals surface area contributed by atoms with E-state index in [2.05, 4.69) is 18.2 Å². The average Bonchev–Trinajstić information content (AvgIpc) is 2.35. The maximum atomic E-state index is 6.25. The molecule has 1 atom stereocenters.